The monoisotopic (exact) mass is 326 g/mol. The van der Waals surface area contributed by atoms with Gasteiger partial charge in [0.2, 0.25) is 0 Å². The first-order chi connectivity index (χ1) is 9.38. The number of benzene rings is 1. The molecule has 0 atom stereocenters. The summed E-state index contributed by atoms with van der Waals surface area (Å²) in [6.45, 7) is 3.11. The lowest BCUT2D eigenvalue weighted by Gasteiger charge is -2.09. The molecule has 0 heterocycles. The van der Waals surface area contributed by atoms with Gasteiger partial charge in [-0.3, -0.25) is 0 Å². The quantitative estimate of drug-likeness (QED) is 0.352. The molecule has 1 rings (SSSR count). The summed E-state index contributed by atoms with van der Waals surface area (Å²) in [5, 5.41) is 0.862. The summed E-state index contributed by atoms with van der Waals surface area (Å²) in [4.78, 5) is 0. The lowest BCUT2D eigenvalue weighted by atomic mass is 10.1. The van der Waals surface area contributed by atoms with Crippen molar-refractivity contribution in [2.75, 3.05) is 6.61 Å². The van der Waals surface area contributed by atoms with Crippen LogP contribution in [0.15, 0.2) is 24.3 Å². The highest BCUT2D eigenvalue weighted by atomic mass is 79.9. The second-order valence-electron chi connectivity index (χ2n) is 5.06. The smallest absolute Gasteiger partial charge is 0.123 e. The zero-order chi connectivity index (χ0) is 13.8. The van der Waals surface area contributed by atoms with Crippen molar-refractivity contribution in [2.45, 2.75) is 63.6 Å². The fraction of sp³-hybridized carbons (Fsp3) is 0.647. The summed E-state index contributed by atoms with van der Waals surface area (Å²) in [6.07, 6.45) is 10.7. The summed E-state index contributed by atoms with van der Waals surface area (Å²) in [5.41, 5.74) is 1.24. The molecule has 0 unspecified atom stereocenters. The minimum atomic E-state index is 0.846. The maximum Gasteiger partial charge on any atom is 0.123 e. The third-order valence-corrected chi connectivity index (χ3v) is 3.98. The molecule has 1 aromatic rings. The van der Waals surface area contributed by atoms with Crippen LogP contribution in [-0.4, -0.2) is 6.61 Å². The molecule has 108 valence electrons. The lowest BCUT2D eigenvalue weighted by Crippen LogP contribution is -1.99. The summed E-state index contributed by atoms with van der Waals surface area (Å²) in [5.74, 6) is 1.03. The van der Waals surface area contributed by atoms with Crippen LogP contribution in [0.4, 0.5) is 0 Å². The van der Waals surface area contributed by atoms with Gasteiger partial charge in [0.15, 0.2) is 0 Å². The Labute approximate surface area is 126 Å². The number of rotatable bonds is 11. The van der Waals surface area contributed by atoms with Crippen molar-refractivity contribution in [1.82, 2.24) is 0 Å². The molecule has 19 heavy (non-hydrogen) atoms. The van der Waals surface area contributed by atoms with Gasteiger partial charge in [-0.2, -0.15) is 0 Å². The van der Waals surface area contributed by atoms with E-state index in [2.05, 4.69) is 41.1 Å². The zero-order valence-electron chi connectivity index (χ0n) is 12.2. The van der Waals surface area contributed by atoms with Crippen molar-refractivity contribution in [3.8, 4) is 5.75 Å². The van der Waals surface area contributed by atoms with Crippen LogP contribution in [-0.2, 0) is 5.33 Å². The van der Waals surface area contributed by atoms with Crippen molar-refractivity contribution in [3.63, 3.8) is 0 Å². The van der Waals surface area contributed by atoms with Crippen molar-refractivity contribution in [3.05, 3.63) is 29.8 Å². The van der Waals surface area contributed by atoms with Gasteiger partial charge < -0.3 is 4.74 Å². The molecule has 0 N–H and O–H groups in total. The first kappa shape index (κ1) is 16.6. The van der Waals surface area contributed by atoms with E-state index in [9.17, 15) is 0 Å². The summed E-state index contributed by atoms with van der Waals surface area (Å²) in [7, 11) is 0. The molecular formula is C17H27BrO. The molecule has 0 aliphatic heterocycles. The number of ether oxygens (including phenoxy) is 1. The molecule has 0 fully saturated rings. The molecule has 0 spiro atoms. The third kappa shape index (κ3) is 7.61. The Morgan fingerprint density at radius 3 is 2.21 bits per heavy atom. The average molecular weight is 327 g/mol. The van der Waals surface area contributed by atoms with Gasteiger partial charge in [0.05, 0.1) is 6.61 Å². The second kappa shape index (κ2) is 11.3. The Hall–Kier alpha value is -0.500. The first-order valence-corrected chi connectivity index (χ1v) is 8.77. The van der Waals surface area contributed by atoms with Gasteiger partial charge in [0.1, 0.15) is 5.75 Å². The van der Waals surface area contributed by atoms with Crippen LogP contribution < -0.4 is 4.74 Å². The van der Waals surface area contributed by atoms with E-state index in [1.807, 2.05) is 6.07 Å². The Morgan fingerprint density at radius 2 is 1.53 bits per heavy atom. The van der Waals surface area contributed by atoms with Gasteiger partial charge in [0.25, 0.3) is 0 Å². The van der Waals surface area contributed by atoms with E-state index in [1.165, 1.54) is 56.9 Å². The number of alkyl halides is 1. The number of hydrogen-bond donors (Lipinski definition) is 0. The molecule has 1 nitrogen and oxygen atoms in total. The molecular weight excluding hydrogens is 300 g/mol. The Bertz CT molecular complexity index is 325. The highest BCUT2D eigenvalue weighted by Gasteiger charge is 2.00. The zero-order valence-corrected chi connectivity index (χ0v) is 13.8. The van der Waals surface area contributed by atoms with Gasteiger partial charge in [-0.25, -0.2) is 0 Å². The fourth-order valence-corrected chi connectivity index (χ4v) is 2.64. The number of halogens is 1. The molecule has 2 heteroatoms. The number of para-hydroxylation sites is 1. The molecule has 1 aromatic carbocycles. The summed E-state index contributed by atoms with van der Waals surface area (Å²) < 4.78 is 5.84. The molecule has 0 bridgehead atoms. The number of unbranched alkanes of at least 4 members (excludes halogenated alkanes) is 7. The van der Waals surface area contributed by atoms with E-state index in [4.69, 9.17) is 4.74 Å². The van der Waals surface area contributed by atoms with Crippen LogP contribution in [0.5, 0.6) is 5.75 Å². The normalized spacial score (nSPS) is 10.6. The van der Waals surface area contributed by atoms with E-state index in [1.54, 1.807) is 0 Å². The lowest BCUT2D eigenvalue weighted by molar-refractivity contribution is 0.302. The van der Waals surface area contributed by atoms with E-state index in [0.29, 0.717) is 0 Å². The standard InChI is InChI=1S/C17H27BrO/c1-2-3-4-5-6-7-8-11-14-19-17-13-10-9-12-16(17)15-18/h9-10,12-13H,2-8,11,14-15H2,1H3. The highest BCUT2D eigenvalue weighted by molar-refractivity contribution is 9.08. The van der Waals surface area contributed by atoms with E-state index in [-0.39, 0.29) is 0 Å². The van der Waals surface area contributed by atoms with Crippen molar-refractivity contribution in [1.29, 1.82) is 0 Å². The van der Waals surface area contributed by atoms with Gasteiger partial charge in [-0.05, 0) is 12.5 Å². The minimum Gasteiger partial charge on any atom is -0.493 e. The van der Waals surface area contributed by atoms with Crippen LogP contribution in [0.2, 0.25) is 0 Å². The molecule has 0 aliphatic carbocycles. The topological polar surface area (TPSA) is 9.23 Å². The minimum absolute atomic E-state index is 0.846. The largest absolute Gasteiger partial charge is 0.493 e. The van der Waals surface area contributed by atoms with Crippen molar-refractivity contribution >= 4 is 15.9 Å². The van der Waals surface area contributed by atoms with Crippen LogP contribution in [0.3, 0.4) is 0 Å². The molecule has 0 radical (unpaired) electrons. The number of hydrogen-bond acceptors (Lipinski definition) is 1. The van der Waals surface area contributed by atoms with Crippen molar-refractivity contribution in [2.24, 2.45) is 0 Å². The maximum atomic E-state index is 5.84. The second-order valence-corrected chi connectivity index (χ2v) is 5.63. The predicted molar refractivity (Wildman–Crippen MR) is 87.2 cm³/mol. The van der Waals surface area contributed by atoms with Crippen LogP contribution >= 0.6 is 15.9 Å². The Balaban J connectivity index is 2.01. The molecule has 0 aromatic heterocycles. The fourth-order valence-electron chi connectivity index (χ4n) is 2.17. The van der Waals surface area contributed by atoms with Crippen molar-refractivity contribution < 1.29 is 4.74 Å². The highest BCUT2D eigenvalue weighted by Crippen LogP contribution is 2.20. The molecule has 0 aliphatic rings. The average Bonchev–Trinajstić information content (AvgIpc) is 2.46. The van der Waals surface area contributed by atoms with Gasteiger partial charge >= 0.3 is 0 Å². The van der Waals surface area contributed by atoms with Crippen LogP contribution in [0, 0.1) is 0 Å². The van der Waals surface area contributed by atoms with Gasteiger partial charge in [-0.1, -0.05) is 86.0 Å². The molecule has 0 amide bonds. The van der Waals surface area contributed by atoms with Gasteiger partial charge in [-0.15, -0.1) is 0 Å². The van der Waals surface area contributed by atoms with Crippen LogP contribution in [0.1, 0.15) is 63.9 Å². The first-order valence-electron chi connectivity index (χ1n) is 7.65. The molecule has 0 saturated heterocycles. The third-order valence-electron chi connectivity index (χ3n) is 3.37. The Kier molecular flexibility index (Phi) is 9.88. The predicted octanol–water partition coefficient (Wildman–Crippen LogP) is 6.10. The molecule has 0 saturated carbocycles. The van der Waals surface area contributed by atoms with E-state index >= 15 is 0 Å². The Morgan fingerprint density at radius 1 is 0.895 bits per heavy atom. The van der Waals surface area contributed by atoms with Gasteiger partial charge in [0, 0.05) is 10.9 Å². The summed E-state index contributed by atoms with van der Waals surface area (Å²) >= 11 is 3.49. The summed E-state index contributed by atoms with van der Waals surface area (Å²) in [6, 6.07) is 8.26. The van der Waals surface area contributed by atoms with Crippen LogP contribution in [0.25, 0.3) is 0 Å². The maximum absolute atomic E-state index is 5.84. The van der Waals surface area contributed by atoms with E-state index in [0.717, 1.165) is 17.7 Å². The SMILES string of the molecule is CCCCCCCCCCOc1ccccc1CBr. The van der Waals surface area contributed by atoms with E-state index < -0.39 is 0 Å².